The van der Waals surface area contributed by atoms with Crippen molar-refractivity contribution < 1.29 is 9.63 Å². The molecule has 0 amide bonds. The summed E-state index contributed by atoms with van der Waals surface area (Å²) in [5.41, 5.74) is 5.24. The smallest absolute Gasteiger partial charge is 0.259 e. The maximum absolute atomic E-state index is 9.84. The predicted molar refractivity (Wildman–Crippen MR) is 95.4 cm³/mol. The summed E-state index contributed by atoms with van der Waals surface area (Å²) in [6.45, 7) is 0. The van der Waals surface area contributed by atoms with E-state index < -0.39 is 0 Å². The second-order valence-corrected chi connectivity index (χ2v) is 6.43. The van der Waals surface area contributed by atoms with E-state index in [9.17, 15) is 10.4 Å². The van der Waals surface area contributed by atoms with E-state index in [1.54, 1.807) is 12.1 Å². The SMILES string of the molecule is N#Cc1c(O)cccc1-c1nc(-c2ccc3[nH]c4c(c3c2)CCC4)no1. The van der Waals surface area contributed by atoms with E-state index in [1.165, 1.54) is 29.1 Å². The molecule has 1 aliphatic rings. The number of nitriles is 1. The van der Waals surface area contributed by atoms with Crippen molar-refractivity contribution in [3.8, 4) is 34.7 Å². The highest BCUT2D eigenvalue weighted by Gasteiger charge is 2.19. The average molecular weight is 342 g/mol. The van der Waals surface area contributed by atoms with Gasteiger partial charge in [-0.25, -0.2) is 0 Å². The fourth-order valence-corrected chi connectivity index (χ4v) is 3.67. The summed E-state index contributed by atoms with van der Waals surface area (Å²) >= 11 is 0. The van der Waals surface area contributed by atoms with Crippen LogP contribution in [0.1, 0.15) is 23.2 Å². The van der Waals surface area contributed by atoms with Gasteiger partial charge in [-0.05, 0) is 55.2 Å². The van der Waals surface area contributed by atoms with E-state index in [0.717, 1.165) is 23.9 Å². The molecule has 0 atom stereocenters. The Kier molecular flexibility index (Phi) is 3.09. The molecule has 2 aromatic heterocycles. The topological polar surface area (TPSA) is 98.7 Å². The number of benzene rings is 2. The summed E-state index contributed by atoms with van der Waals surface area (Å²) in [5.74, 6) is 0.572. The van der Waals surface area contributed by atoms with Crippen LogP contribution in [0.15, 0.2) is 40.9 Å². The number of rotatable bonds is 2. The highest BCUT2D eigenvalue weighted by Crippen LogP contribution is 2.33. The zero-order valence-corrected chi connectivity index (χ0v) is 13.8. The van der Waals surface area contributed by atoms with Crippen LogP contribution in [0.5, 0.6) is 5.75 Å². The fourth-order valence-electron chi connectivity index (χ4n) is 3.67. The summed E-state index contributed by atoms with van der Waals surface area (Å²) in [6, 6.07) is 12.8. The Bertz CT molecular complexity index is 1200. The number of aromatic nitrogens is 3. The third kappa shape index (κ3) is 2.11. The van der Waals surface area contributed by atoms with E-state index in [-0.39, 0.29) is 17.2 Å². The molecule has 4 aromatic rings. The van der Waals surface area contributed by atoms with Crippen LogP contribution in [0.3, 0.4) is 0 Å². The van der Waals surface area contributed by atoms with Crippen LogP contribution >= 0.6 is 0 Å². The number of fused-ring (bicyclic) bond motifs is 3. The summed E-state index contributed by atoms with van der Waals surface area (Å²) in [7, 11) is 0. The number of nitrogens with one attached hydrogen (secondary N) is 1. The van der Waals surface area contributed by atoms with Crippen LogP contribution in [-0.2, 0) is 12.8 Å². The minimum atomic E-state index is -0.103. The monoisotopic (exact) mass is 342 g/mol. The van der Waals surface area contributed by atoms with Crippen LogP contribution in [0.25, 0.3) is 33.7 Å². The van der Waals surface area contributed by atoms with Crippen molar-refractivity contribution in [1.82, 2.24) is 15.1 Å². The van der Waals surface area contributed by atoms with Gasteiger partial charge in [0.05, 0.1) is 5.56 Å². The lowest BCUT2D eigenvalue weighted by Gasteiger charge is -2.00. The number of H-pyrrole nitrogens is 1. The van der Waals surface area contributed by atoms with Crippen molar-refractivity contribution in [2.75, 3.05) is 0 Å². The van der Waals surface area contributed by atoms with Gasteiger partial charge in [-0.1, -0.05) is 11.2 Å². The zero-order chi connectivity index (χ0) is 17.7. The molecule has 0 saturated heterocycles. The Morgan fingerprint density at radius 3 is 3.00 bits per heavy atom. The Morgan fingerprint density at radius 1 is 1.19 bits per heavy atom. The van der Waals surface area contributed by atoms with Gasteiger partial charge in [-0.3, -0.25) is 0 Å². The van der Waals surface area contributed by atoms with Crippen LogP contribution in [-0.4, -0.2) is 20.2 Å². The second-order valence-electron chi connectivity index (χ2n) is 6.43. The molecule has 0 fully saturated rings. The van der Waals surface area contributed by atoms with E-state index in [2.05, 4.69) is 21.2 Å². The molecule has 2 heterocycles. The van der Waals surface area contributed by atoms with Gasteiger partial charge in [0, 0.05) is 22.2 Å². The number of aromatic hydroxyl groups is 1. The van der Waals surface area contributed by atoms with Gasteiger partial charge >= 0.3 is 0 Å². The van der Waals surface area contributed by atoms with Gasteiger partial charge in [-0.2, -0.15) is 10.2 Å². The van der Waals surface area contributed by atoms with Gasteiger partial charge in [0.15, 0.2) is 0 Å². The minimum absolute atomic E-state index is 0.103. The molecule has 126 valence electrons. The molecule has 6 nitrogen and oxygen atoms in total. The molecule has 2 aromatic carbocycles. The number of nitrogens with zero attached hydrogens (tertiary/aromatic N) is 3. The van der Waals surface area contributed by atoms with Crippen LogP contribution < -0.4 is 0 Å². The van der Waals surface area contributed by atoms with E-state index in [1.807, 2.05) is 18.2 Å². The Labute approximate surface area is 148 Å². The van der Waals surface area contributed by atoms with Gasteiger partial charge in [0.25, 0.3) is 5.89 Å². The summed E-state index contributed by atoms with van der Waals surface area (Å²) in [5, 5.41) is 24.4. The number of hydrogen-bond donors (Lipinski definition) is 2. The van der Waals surface area contributed by atoms with Gasteiger partial charge < -0.3 is 14.6 Å². The molecule has 0 unspecified atom stereocenters. The summed E-state index contributed by atoms with van der Waals surface area (Å²) < 4.78 is 5.36. The highest BCUT2D eigenvalue weighted by atomic mass is 16.5. The first-order valence-corrected chi connectivity index (χ1v) is 8.44. The lowest BCUT2D eigenvalue weighted by atomic mass is 10.1. The number of phenols is 1. The first-order valence-electron chi connectivity index (χ1n) is 8.44. The quantitative estimate of drug-likeness (QED) is 0.574. The van der Waals surface area contributed by atoms with Crippen molar-refractivity contribution in [1.29, 1.82) is 5.26 Å². The third-order valence-electron chi connectivity index (χ3n) is 4.92. The largest absolute Gasteiger partial charge is 0.507 e. The highest BCUT2D eigenvalue weighted by molar-refractivity contribution is 5.89. The second kappa shape index (κ2) is 5.46. The van der Waals surface area contributed by atoms with Crippen molar-refractivity contribution in [3.05, 3.63) is 53.2 Å². The molecule has 0 aliphatic heterocycles. The van der Waals surface area contributed by atoms with Gasteiger partial charge in [0.2, 0.25) is 5.82 Å². The molecule has 0 spiro atoms. The van der Waals surface area contributed by atoms with Crippen molar-refractivity contribution in [3.63, 3.8) is 0 Å². The Morgan fingerprint density at radius 2 is 2.12 bits per heavy atom. The maximum Gasteiger partial charge on any atom is 0.259 e. The molecule has 0 radical (unpaired) electrons. The molecular formula is C20H14N4O2. The van der Waals surface area contributed by atoms with Gasteiger partial charge in [-0.15, -0.1) is 0 Å². The molecule has 0 saturated carbocycles. The zero-order valence-electron chi connectivity index (χ0n) is 13.8. The molecule has 6 heteroatoms. The van der Waals surface area contributed by atoms with Crippen molar-refractivity contribution >= 4 is 10.9 Å². The predicted octanol–water partition coefficient (Wildman–Crippen LogP) is 3.95. The number of hydrogen-bond acceptors (Lipinski definition) is 5. The first-order chi connectivity index (χ1) is 12.7. The van der Waals surface area contributed by atoms with Crippen LogP contribution in [0.4, 0.5) is 0 Å². The lowest BCUT2D eigenvalue weighted by Crippen LogP contribution is -1.86. The van der Waals surface area contributed by atoms with Gasteiger partial charge in [0.1, 0.15) is 17.4 Å². The molecule has 5 rings (SSSR count). The normalized spacial score (nSPS) is 13.0. The van der Waals surface area contributed by atoms with Crippen molar-refractivity contribution in [2.24, 2.45) is 0 Å². The summed E-state index contributed by atoms with van der Waals surface area (Å²) in [6.07, 6.45) is 3.37. The molecular weight excluding hydrogens is 328 g/mol. The maximum atomic E-state index is 9.84. The molecule has 26 heavy (non-hydrogen) atoms. The average Bonchev–Trinajstić information content (AvgIpc) is 3.37. The Balaban J connectivity index is 1.60. The molecule has 2 N–H and O–H groups in total. The Hall–Kier alpha value is -3.59. The third-order valence-corrected chi connectivity index (χ3v) is 4.92. The van der Waals surface area contributed by atoms with Crippen molar-refractivity contribution in [2.45, 2.75) is 19.3 Å². The standard InChI is InChI=1S/C20H14N4O2/c21-10-15-13(4-2-6-18(15)25)20-23-19(24-26-20)11-7-8-17-14(9-11)12-3-1-5-16(12)22-17/h2,4,6-9,22,25H,1,3,5H2. The minimum Gasteiger partial charge on any atom is -0.507 e. The number of aromatic amines is 1. The van der Waals surface area contributed by atoms with E-state index in [4.69, 9.17) is 4.52 Å². The van der Waals surface area contributed by atoms with E-state index >= 15 is 0 Å². The number of phenolic OH excluding ortho intramolecular Hbond substituents is 1. The number of aryl methyl sites for hydroxylation is 2. The summed E-state index contributed by atoms with van der Waals surface area (Å²) in [4.78, 5) is 7.91. The van der Waals surface area contributed by atoms with Crippen LogP contribution in [0, 0.1) is 11.3 Å². The van der Waals surface area contributed by atoms with Crippen LogP contribution in [0.2, 0.25) is 0 Å². The molecule has 1 aliphatic carbocycles. The fraction of sp³-hybridized carbons (Fsp3) is 0.150. The first kappa shape index (κ1) is 14.7. The van der Waals surface area contributed by atoms with E-state index in [0.29, 0.717) is 11.4 Å². The lowest BCUT2D eigenvalue weighted by molar-refractivity contribution is 0.431. The molecule has 0 bridgehead atoms.